The van der Waals surface area contributed by atoms with Crippen molar-refractivity contribution in [1.82, 2.24) is 24.8 Å². The van der Waals surface area contributed by atoms with Crippen molar-refractivity contribution in [3.05, 3.63) is 78.1 Å². The summed E-state index contributed by atoms with van der Waals surface area (Å²) in [6.45, 7) is 0. The van der Waals surface area contributed by atoms with Gasteiger partial charge in [0.15, 0.2) is 5.82 Å². The molecule has 0 saturated heterocycles. The van der Waals surface area contributed by atoms with Crippen LogP contribution < -0.4 is 0 Å². The minimum Gasteiger partial charge on any atom is -0.228 e. The number of hydrogen-bond donors (Lipinski definition) is 0. The zero-order valence-corrected chi connectivity index (χ0v) is 14.3. The van der Waals surface area contributed by atoms with Crippen molar-refractivity contribution in [2.24, 2.45) is 0 Å². The SMILES string of the molecule is Fc1cc(-c2nn3c(Cc4cccc5ccccc45)nnc3s2)ccn1. The van der Waals surface area contributed by atoms with Crippen LogP contribution in [0.3, 0.4) is 0 Å². The highest BCUT2D eigenvalue weighted by atomic mass is 32.1. The number of aromatic nitrogens is 5. The van der Waals surface area contributed by atoms with E-state index in [4.69, 9.17) is 0 Å². The van der Waals surface area contributed by atoms with Crippen molar-refractivity contribution >= 4 is 27.1 Å². The molecule has 0 amide bonds. The van der Waals surface area contributed by atoms with E-state index in [-0.39, 0.29) is 0 Å². The lowest BCUT2D eigenvalue weighted by molar-refractivity contribution is 0.584. The van der Waals surface area contributed by atoms with Crippen LogP contribution in [0.2, 0.25) is 0 Å². The molecule has 7 heteroatoms. The second kappa shape index (κ2) is 5.96. The minimum atomic E-state index is -0.524. The first-order valence-corrected chi connectivity index (χ1v) is 8.89. The lowest BCUT2D eigenvalue weighted by Gasteiger charge is -2.04. The molecule has 0 aliphatic carbocycles. The molecule has 126 valence electrons. The number of nitrogens with zero attached hydrogens (tertiary/aromatic N) is 5. The van der Waals surface area contributed by atoms with Crippen molar-refractivity contribution in [2.45, 2.75) is 6.42 Å². The summed E-state index contributed by atoms with van der Waals surface area (Å²) in [4.78, 5) is 4.27. The zero-order chi connectivity index (χ0) is 17.5. The van der Waals surface area contributed by atoms with Gasteiger partial charge in [0.25, 0.3) is 0 Å². The predicted octanol–water partition coefficient (Wildman–Crippen LogP) is 4.13. The molecule has 0 unspecified atom stereocenters. The summed E-state index contributed by atoms with van der Waals surface area (Å²) in [5, 5.41) is 16.2. The van der Waals surface area contributed by atoms with Crippen molar-refractivity contribution < 1.29 is 4.39 Å². The summed E-state index contributed by atoms with van der Waals surface area (Å²) in [5.74, 6) is 0.234. The average molecular weight is 361 g/mol. The highest BCUT2D eigenvalue weighted by Gasteiger charge is 2.14. The lowest BCUT2D eigenvalue weighted by Crippen LogP contribution is -1.98. The Hall–Kier alpha value is -3.19. The highest BCUT2D eigenvalue weighted by Crippen LogP contribution is 2.27. The fraction of sp³-hybridized carbons (Fsp3) is 0.0526. The number of halogens is 1. The number of rotatable bonds is 3. The molecule has 0 aliphatic heterocycles. The van der Waals surface area contributed by atoms with Gasteiger partial charge in [0.1, 0.15) is 5.01 Å². The molecule has 0 bridgehead atoms. The largest absolute Gasteiger partial charge is 0.234 e. The Labute approximate surface area is 151 Å². The van der Waals surface area contributed by atoms with E-state index in [2.05, 4.69) is 44.5 Å². The second-order valence-corrected chi connectivity index (χ2v) is 6.86. The third kappa shape index (κ3) is 2.53. The van der Waals surface area contributed by atoms with Gasteiger partial charge in [-0.15, -0.1) is 10.2 Å². The highest BCUT2D eigenvalue weighted by molar-refractivity contribution is 7.19. The van der Waals surface area contributed by atoms with E-state index >= 15 is 0 Å². The standard InChI is InChI=1S/C19H12FN5S/c20-16-10-14(8-9-21-16)18-24-25-17(22-23-19(25)26-18)11-13-6-3-5-12-4-1-2-7-15(12)13/h1-10H,11H2. The Balaban J connectivity index is 1.57. The van der Waals surface area contributed by atoms with Crippen molar-refractivity contribution in [1.29, 1.82) is 0 Å². The van der Waals surface area contributed by atoms with Crippen LogP contribution >= 0.6 is 11.3 Å². The summed E-state index contributed by atoms with van der Waals surface area (Å²) in [5.41, 5.74) is 1.85. The molecule has 0 fully saturated rings. The van der Waals surface area contributed by atoms with Gasteiger partial charge in [0.05, 0.1) is 0 Å². The van der Waals surface area contributed by atoms with E-state index in [1.165, 1.54) is 39.9 Å². The topological polar surface area (TPSA) is 56.0 Å². The first kappa shape index (κ1) is 15.1. The van der Waals surface area contributed by atoms with Gasteiger partial charge in [0, 0.05) is 24.2 Å². The maximum Gasteiger partial charge on any atom is 0.234 e. The molecule has 0 atom stereocenters. The summed E-state index contributed by atoms with van der Waals surface area (Å²) >= 11 is 1.38. The first-order valence-electron chi connectivity index (χ1n) is 8.07. The molecule has 3 heterocycles. The molecule has 0 aliphatic rings. The van der Waals surface area contributed by atoms with E-state index < -0.39 is 5.95 Å². The van der Waals surface area contributed by atoms with Crippen LogP contribution in [0.25, 0.3) is 26.3 Å². The van der Waals surface area contributed by atoms with E-state index in [0.717, 1.165) is 5.82 Å². The summed E-state index contributed by atoms with van der Waals surface area (Å²) in [7, 11) is 0. The number of pyridine rings is 1. The molecule has 0 radical (unpaired) electrons. The fourth-order valence-electron chi connectivity index (χ4n) is 3.04. The summed E-state index contributed by atoms with van der Waals surface area (Å²) < 4.78 is 15.1. The smallest absolute Gasteiger partial charge is 0.228 e. The Kier molecular flexibility index (Phi) is 3.46. The first-order chi connectivity index (χ1) is 12.8. The maximum atomic E-state index is 13.4. The van der Waals surface area contributed by atoms with Crippen LogP contribution in [0.15, 0.2) is 60.8 Å². The number of hydrogen-bond acceptors (Lipinski definition) is 5. The van der Waals surface area contributed by atoms with E-state index in [1.807, 2.05) is 18.2 Å². The van der Waals surface area contributed by atoms with Gasteiger partial charge in [-0.25, -0.2) is 4.98 Å². The Morgan fingerprint density at radius 2 is 1.88 bits per heavy atom. The van der Waals surface area contributed by atoms with Crippen LogP contribution in [0.1, 0.15) is 11.4 Å². The molecular formula is C19H12FN5S. The van der Waals surface area contributed by atoms with Crippen molar-refractivity contribution in [3.63, 3.8) is 0 Å². The summed E-state index contributed by atoms with van der Waals surface area (Å²) in [6, 6.07) is 17.6. The zero-order valence-electron chi connectivity index (χ0n) is 13.5. The molecule has 2 aromatic carbocycles. The van der Waals surface area contributed by atoms with Crippen molar-refractivity contribution in [2.75, 3.05) is 0 Å². The van der Waals surface area contributed by atoms with Gasteiger partial charge in [-0.2, -0.15) is 14.0 Å². The Morgan fingerprint density at radius 1 is 1.00 bits per heavy atom. The maximum absolute atomic E-state index is 13.4. The number of benzene rings is 2. The Morgan fingerprint density at radius 3 is 2.81 bits per heavy atom. The van der Waals surface area contributed by atoms with E-state index in [1.54, 1.807) is 10.6 Å². The van der Waals surface area contributed by atoms with Gasteiger partial charge in [-0.3, -0.25) is 0 Å². The van der Waals surface area contributed by atoms with E-state index in [0.29, 0.717) is 22.0 Å². The third-order valence-electron chi connectivity index (χ3n) is 4.26. The second-order valence-electron chi connectivity index (χ2n) is 5.90. The quantitative estimate of drug-likeness (QED) is 0.453. The molecule has 5 nitrogen and oxygen atoms in total. The van der Waals surface area contributed by atoms with Gasteiger partial charge < -0.3 is 0 Å². The minimum absolute atomic E-state index is 0.524. The average Bonchev–Trinajstić information content (AvgIpc) is 3.24. The molecular weight excluding hydrogens is 349 g/mol. The van der Waals surface area contributed by atoms with Gasteiger partial charge in [0.2, 0.25) is 10.9 Å². The monoisotopic (exact) mass is 361 g/mol. The molecule has 0 spiro atoms. The molecule has 5 rings (SSSR count). The van der Waals surface area contributed by atoms with Crippen LogP contribution in [0, 0.1) is 5.95 Å². The number of fused-ring (bicyclic) bond motifs is 2. The van der Waals surface area contributed by atoms with Crippen LogP contribution in [0.5, 0.6) is 0 Å². The van der Waals surface area contributed by atoms with Crippen LogP contribution in [0.4, 0.5) is 4.39 Å². The van der Waals surface area contributed by atoms with Crippen LogP contribution in [-0.2, 0) is 6.42 Å². The molecule has 5 aromatic rings. The van der Waals surface area contributed by atoms with E-state index in [9.17, 15) is 4.39 Å². The van der Waals surface area contributed by atoms with Gasteiger partial charge in [-0.1, -0.05) is 53.8 Å². The normalized spacial score (nSPS) is 11.4. The van der Waals surface area contributed by atoms with Gasteiger partial charge in [-0.05, 0) is 22.4 Å². The Bertz CT molecular complexity index is 1240. The lowest BCUT2D eigenvalue weighted by atomic mass is 10.0. The predicted molar refractivity (Wildman–Crippen MR) is 98.6 cm³/mol. The molecule has 0 N–H and O–H groups in total. The third-order valence-corrected chi connectivity index (χ3v) is 5.21. The van der Waals surface area contributed by atoms with Crippen molar-refractivity contribution in [3.8, 4) is 10.6 Å². The van der Waals surface area contributed by atoms with Crippen LogP contribution in [-0.4, -0.2) is 24.8 Å². The van der Waals surface area contributed by atoms with Gasteiger partial charge >= 0.3 is 0 Å². The molecule has 26 heavy (non-hydrogen) atoms. The summed E-state index contributed by atoms with van der Waals surface area (Å²) in [6.07, 6.45) is 2.06. The molecule has 0 saturated carbocycles. The fourth-order valence-corrected chi connectivity index (χ4v) is 3.89. The molecule has 3 aromatic heterocycles.